The smallest absolute Gasteiger partial charge is 0.343 e. The highest BCUT2D eigenvalue weighted by Crippen LogP contribution is 2.09. The van der Waals surface area contributed by atoms with Crippen LogP contribution in [-0.4, -0.2) is 25.5 Å². The zero-order chi connectivity index (χ0) is 16.7. The summed E-state index contributed by atoms with van der Waals surface area (Å²) in [4.78, 5) is 23.1. The van der Waals surface area contributed by atoms with Gasteiger partial charge in [-0.25, -0.2) is 18.4 Å². The van der Waals surface area contributed by atoms with Gasteiger partial charge in [0.05, 0.1) is 11.1 Å². The largest absolute Gasteiger partial charge is 0.435 e. The minimum Gasteiger partial charge on any atom is -0.435 e. The molecule has 0 bridgehead atoms. The second-order valence-corrected chi connectivity index (χ2v) is 4.26. The maximum atomic E-state index is 13.3. The first-order chi connectivity index (χ1) is 11.1. The summed E-state index contributed by atoms with van der Waals surface area (Å²) in [6.45, 7) is -1.09. The first-order valence-electron chi connectivity index (χ1n) is 6.50. The van der Waals surface area contributed by atoms with Crippen molar-refractivity contribution in [2.45, 2.75) is 0 Å². The van der Waals surface area contributed by atoms with Crippen LogP contribution in [0, 0.1) is 11.6 Å². The third kappa shape index (κ3) is 4.58. The summed E-state index contributed by atoms with van der Waals surface area (Å²) in [6.07, 6.45) is 0. The van der Waals surface area contributed by atoms with Crippen molar-refractivity contribution >= 4 is 11.9 Å². The fourth-order valence-electron chi connectivity index (χ4n) is 1.63. The third-order valence-corrected chi connectivity index (χ3v) is 2.73. The molecule has 2 rings (SSSR count). The van der Waals surface area contributed by atoms with Gasteiger partial charge in [-0.15, -0.1) is 0 Å². The molecular formula is C16H12F2O5. The normalized spacial score (nSPS) is 10.2. The molecule has 0 aromatic heterocycles. The van der Waals surface area contributed by atoms with Crippen molar-refractivity contribution in [3.8, 4) is 0 Å². The Labute approximate surface area is 130 Å². The molecule has 7 heteroatoms. The third-order valence-electron chi connectivity index (χ3n) is 2.73. The SMILES string of the molecule is O=C(OCOCOC(=O)c1ccccc1F)c1ccccc1F. The van der Waals surface area contributed by atoms with E-state index in [0.29, 0.717) is 0 Å². The lowest BCUT2D eigenvalue weighted by Crippen LogP contribution is -2.14. The predicted molar refractivity (Wildman–Crippen MR) is 74.5 cm³/mol. The number of carbonyl (C=O) groups excluding carboxylic acids is 2. The molecule has 0 unspecified atom stereocenters. The molecule has 0 saturated heterocycles. The van der Waals surface area contributed by atoms with E-state index in [1.54, 1.807) is 0 Å². The van der Waals surface area contributed by atoms with Crippen molar-refractivity contribution in [3.63, 3.8) is 0 Å². The number of esters is 2. The van der Waals surface area contributed by atoms with Gasteiger partial charge in [-0.2, -0.15) is 0 Å². The van der Waals surface area contributed by atoms with Crippen molar-refractivity contribution in [2.75, 3.05) is 13.6 Å². The molecule has 0 atom stereocenters. The Hall–Kier alpha value is -2.80. The number of rotatable bonds is 6. The van der Waals surface area contributed by atoms with Gasteiger partial charge in [0.15, 0.2) is 13.6 Å². The van der Waals surface area contributed by atoms with Crippen LogP contribution in [0.25, 0.3) is 0 Å². The van der Waals surface area contributed by atoms with Crippen LogP contribution in [0.5, 0.6) is 0 Å². The van der Waals surface area contributed by atoms with Crippen LogP contribution in [0.3, 0.4) is 0 Å². The van der Waals surface area contributed by atoms with E-state index in [4.69, 9.17) is 4.74 Å². The highest BCUT2D eigenvalue weighted by atomic mass is 19.1. The highest BCUT2D eigenvalue weighted by Gasteiger charge is 2.13. The van der Waals surface area contributed by atoms with Gasteiger partial charge in [-0.1, -0.05) is 24.3 Å². The van der Waals surface area contributed by atoms with Gasteiger partial charge in [-0.05, 0) is 24.3 Å². The number of hydrogen-bond acceptors (Lipinski definition) is 5. The quantitative estimate of drug-likeness (QED) is 0.465. The average molecular weight is 322 g/mol. The Morgan fingerprint density at radius 2 is 1.13 bits per heavy atom. The van der Waals surface area contributed by atoms with Crippen LogP contribution in [-0.2, 0) is 14.2 Å². The number of halogens is 2. The van der Waals surface area contributed by atoms with Gasteiger partial charge < -0.3 is 14.2 Å². The summed E-state index contributed by atoms with van der Waals surface area (Å²) in [6, 6.07) is 10.6. The van der Waals surface area contributed by atoms with Crippen molar-refractivity contribution < 1.29 is 32.6 Å². The molecule has 0 heterocycles. The first-order valence-corrected chi connectivity index (χ1v) is 6.50. The average Bonchev–Trinajstić information content (AvgIpc) is 2.55. The zero-order valence-corrected chi connectivity index (χ0v) is 11.8. The molecule has 0 fully saturated rings. The Balaban J connectivity index is 1.72. The van der Waals surface area contributed by atoms with Crippen molar-refractivity contribution in [2.24, 2.45) is 0 Å². The van der Waals surface area contributed by atoms with Crippen LogP contribution in [0.4, 0.5) is 8.78 Å². The number of benzene rings is 2. The zero-order valence-electron chi connectivity index (χ0n) is 11.8. The molecule has 0 spiro atoms. The maximum Gasteiger partial charge on any atom is 0.343 e. The van der Waals surface area contributed by atoms with Gasteiger partial charge in [0.25, 0.3) is 0 Å². The van der Waals surface area contributed by atoms with E-state index in [-0.39, 0.29) is 11.1 Å². The van der Waals surface area contributed by atoms with E-state index in [1.807, 2.05) is 0 Å². The summed E-state index contributed by atoms with van der Waals surface area (Å²) in [7, 11) is 0. The molecule has 0 radical (unpaired) electrons. The van der Waals surface area contributed by atoms with Crippen LogP contribution in [0.1, 0.15) is 20.7 Å². The molecule has 0 N–H and O–H groups in total. The van der Waals surface area contributed by atoms with Gasteiger partial charge in [0.1, 0.15) is 11.6 Å². The Morgan fingerprint density at radius 3 is 1.52 bits per heavy atom. The second-order valence-electron chi connectivity index (χ2n) is 4.26. The van der Waals surface area contributed by atoms with E-state index >= 15 is 0 Å². The summed E-state index contributed by atoms with van der Waals surface area (Å²) in [5, 5.41) is 0. The molecular weight excluding hydrogens is 310 g/mol. The van der Waals surface area contributed by atoms with Crippen LogP contribution in [0.15, 0.2) is 48.5 Å². The van der Waals surface area contributed by atoms with Gasteiger partial charge in [0.2, 0.25) is 0 Å². The number of hydrogen-bond donors (Lipinski definition) is 0. The lowest BCUT2D eigenvalue weighted by molar-refractivity contribution is -0.0933. The van der Waals surface area contributed by atoms with E-state index < -0.39 is 37.2 Å². The molecule has 0 aliphatic carbocycles. The summed E-state index contributed by atoms with van der Waals surface area (Å²) >= 11 is 0. The standard InChI is InChI=1S/C16H12F2O5/c17-13-7-3-1-5-11(13)15(19)22-9-21-10-23-16(20)12-6-2-4-8-14(12)18/h1-8H,9-10H2. The molecule has 0 saturated carbocycles. The van der Waals surface area contributed by atoms with Gasteiger partial charge in [-0.3, -0.25) is 0 Å². The maximum absolute atomic E-state index is 13.3. The topological polar surface area (TPSA) is 61.8 Å². The number of carbonyl (C=O) groups is 2. The monoisotopic (exact) mass is 322 g/mol. The van der Waals surface area contributed by atoms with E-state index in [1.165, 1.54) is 36.4 Å². The Kier molecular flexibility index (Phi) is 5.76. The minimum atomic E-state index is -0.913. The molecule has 23 heavy (non-hydrogen) atoms. The first kappa shape index (κ1) is 16.6. The Morgan fingerprint density at radius 1 is 0.739 bits per heavy atom. The molecule has 2 aromatic carbocycles. The Bertz CT molecular complexity index is 643. The fraction of sp³-hybridized carbons (Fsp3) is 0.125. The van der Waals surface area contributed by atoms with Crippen molar-refractivity contribution in [1.29, 1.82) is 0 Å². The van der Waals surface area contributed by atoms with E-state index in [9.17, 15) is 18.4 Å². The van der Waals surface area contributed by atoms with Crippen LogP contribution >= 0.6 is 0 Å². The van der Waals surface area contributed by atoms with Gasteiger partial charge in [0, 0.05) is 0 Å². The summed E-state index contributed by atoms with van der Waals surface area (Å²) < 4.78 is 40.7. The molecule has 0 aliphatic rings. The van der Waals surface area contributed by atoms with E-state index in [0.717, 1.165) is 12.1 Å². The molecule has 5 nitrogen and oxygen atoms in total. The lowest BCUT2D eigenvalue weighted by atomic mass is 10.2. The molecule has 120 valence electrons. The highest BCUT2D eigenvalue weighted by molar-refractivity contribution is 5.90. The number of ether oxygens (including phenoxy) is 3. The molecule has 0 aliphatic heterocycles. The molecule has 2 aromatic rings. The van der Waals surface area contributed by atoms with Gasteiger partial charge >= 0.3 is 11.9 Å². The lowest BCUT2D eigenvalue weighted by Gasteiger charge is -2.08. The summed E-state index contributed by atoms with van der Waals surface area (Å²) in [5.74, 6) is -3.26. The second kappa shape index (κ2) is 8.00. The van der Waals surface area contributed by atoms with Crippen LogP contribution in [0.2, 0.25) is 0 Å². The predicted octanol–water partition coefficient (Wildman–Crippen LogP) is 2.91. The fourth-order valence-corrected chi connectivity index (χ4v) is 1.63. The minimum absolute atomic E-state index is 0.237. The van der Waals surface area contributed by atoms with E-state index in [2.05, 4.69) is 9.47 Å². The van der Waals surface area contributed by atoms with Crippen LogP contribution < -0.4 is 0 Å². The van der Waals surface area contributed by atoms with Crippen molar-refractivity contribution in [1.82, 2.24) is 0 Å². The molecule has 0 amide bonds. The van der Waals surface area contributed by atoms with Crippen molar-refractivity contribution in [3.05, 3.63) is 71.3 Å². The summed E-state index contributed by atoms with van der Waals surface area (Å²) in [5.41, 5.74) is -0.473.